The van der Waals surface area contributed by atoms with Crippen molar-refractivity contribution in [3.05, 3.63) is 0 Å². The van der Waals surface area contributed by atoms with E-state index in [0.717, 1.165) is 32.7 Å². The Hall–Kier alpha value is -0.0300. The summed E-state index contributed by atoms with van der Waals surface area (Å²) in [5.41, 5.74) is 0. The lowest BCUT2D eigenvalue weighted by molar-refractivity contribution is -0.140. The number of nitrogens with zero attached hydrogens (tertiary/aromatic N) is 2. The summed E-state index contributed by atoms with van der Waals surface area (Å²) in [6, 6.07) is 0.652. The van der Waals surface area contributed by atoms with Gasteiger partial charge in [-0.1, -0.05) is 6.92 Å². The van der Waals surface area contributed by atoms with Crippen molar-refractivity contribution in [3.8, 4) is 0 Å². The zero-order chi connectivity index (χ0) is 11.8. The minimum absolute atomic E-state index is 0. The molecule has 0 aliphatic carbocycles. The molecule has 0 aromatic carbocycles. The van der Waals surface area contributed by atoms with Crippen LogP contribution < -0.4 is 5.32 Å². The Bertz CT molecular complexity index is 312. The van der Waals surface area contributed by atoms with E-state index in [0.29, 0.717) is 17.9 Å². The van der Waals surface area contributed by atoms with E-state index < -0.39 is 0 Å². The van der Waals surface area contributed by atoms with E-state index in [-0.39, 0.29) is 30.7 Å². The molecule has 1 N–H and O–H groups in total. The summed E-state index contributed by atoms with van der Waals surface area (Å²) >= 11 is 0. The number of carbonyl (C=O) groups is 1. The standard InChI is InChI=1S/C13H23N3O.2ClH/c1-10(11-7-14-8-11)13(17)16-6-5-15-4-2-3-12(15)9-16;;/h10-12,14H,2-9H2,1H3;2*1H. The molecule has 0 saturated carbocycles. The van der Waals surface area contributed by atoms with E-state index in [1.54, 1.807) is 0 Å². The third-order valence-corrected chi connectivity index (χ3v) is 4.81. The molecule has 3 heterocycles. The van der Waals surface area contributed by atoms with Crippen LogP contribution in [0.25, 0.3) is 0 Å². The van der Waals surface area contributed by atoms with Crippen LogP contribution in [0, 0.1) is 11.8 Å². The van der Waals surface area contributed by atoms with Crippen LogP contribution in [0.1, 0.15) is 19.8 Å². The summed E-state index contributed by atoms with van der Waals surface area (Å²) < 4.78 is 0. The van der Waals surface area contributed by atoms with Crippen LogP contribution >= 0.6 is 24.8 Å². The molecule has 2 unspecified atom stereocenters. The number of fused-ring (bicyclic) bond motifs is 1. The van der Waals surface area contributed by atoms with Crippen LogP contribution in [0.3, 0.4) is 0 Å². The Morgan fingerprint density at radius 3 is 2.58 bits per heavy atom. The molecule has 6 heteroatoms. The Morgan fingerprint density at radius 2 is 1.95 bits per heavy atom. The summed E-state index contributed by atoms with van der Waals surface area (Å²) in [7, 11) is 0. The van der Waals surface area contributed by atoms with E-state index in [2.05, 4.69) is 22.0 Å². The maximum atomic E-state index is 12.4. The van der Waals surface area contributed by atoms with Gasteiger partial charge in [0.1, 0.15) is 0 Å². The second-order valence-corrected chi connectivity index (χ2v) is 5.82. The Labute approximate surface area is 128 Å². The largest absolute Gasteiger partial charge is 0.340 e. The molecular weight excluding hydrogens is 285 g/mol. The molecular formula is C13H25Cl2N3O. The van der Waals surface area contributed by atoms with Crippen LogP contribution in [0.2, 0.25) is 0 Å². The second-order valence-electron chi connectivity index (χ2n) is 5.82. The van der Waals surface area contributed by atoms with Crippen molar-refractivity contribution < 1.29 is 4.79 Å². The lowest BCUT2D eigenvalue weighted by atomic mass is 9.87. The van der Waals surface area contributed by atoms with Crippen LogP contribution in [0.15, 0.2) is 0 Å². The van der Waals surface area contributed by atoms with Gasteiger partial charge < -0.3 is 10.2 Å². The van der Waals surface area contributed by atoms with Crippen LogP contribution in [-0.2, 0) is 4.79 Å². The van der Waals surface area contributed by atoms with Crippen molar-refractivity contribution in [2.45, 2.75) is 25.8 Å². The maximum absolute atomic E-state index is 12.4. The van der Waals surface area contributed by atoms with Crippen molar-refractivity contribution in [1.82, 2.24) is 15.1 Å². The highest BCUT2D eigenvalue weighted by atomic mass is 35.5. The highest BCUT2D eigenvalue weighted by Gasteiger charge is 2.36. The summed E-state index contributed by atoms with van der Waals surface area (Å²) in [6.07, 6.45) is 2.60. The molecule has 3 aliphatic heterocycles. The van der Waals surface area contributed by atoms with E-state index in [9.17, 15) is 4.79 Å². The van der Waals surface area contributed by atoms with Crippen molar-refractivity contribution in [2.24, 2.45) is 11.8 Å². The highest BCUT2D eigenvalue weighted by molar-refractivity contribution is 5.85. The number of nitrogens with one attached hydrogen (secondary N) is 1. The van der Waals surface area contributed by atoms with Gasteiger partial charge in [0.2, 0.25) is 5.91 Å². The molecule has 1 amide bonds. The molecule has 4 nitrogen and oxygen atoms in total. The molecule has 0 aromatic rings. The van der Waals surface area contributed by atoms with Gasteiger partial charge in [0.25, 0.3) is 0 Å². The molecule has 3 rings (SSSR count). The Morgan fingerprint density at radius 1 is 1.21 bits per heavy atom. The second kappa shape index (κ2) is 7.11. The zero-order valence-electron chi connectivity index (χ0n) is 11.5. The fraction of sp³-hybridized carbons (Fsp3) is 0.923. The smallest absolute Gasteiger partial charge is 0.225 e. The Kier molecular flexibility index (Phi) is 6.37. The molecule has 0 spiro atoms. The van der Waals surface area contributed by atoms with Gasteiger partial charge in [0, 0.05) is 31.6 Å². The van der Waals surface area contributed by atoms with Gasteiger partial charge in [0.15, 0.2) is 0 Å². The fourth-order valence-corrected chi connectivity index (χ4v) is 3.35. The molecule has 0 radical (unpaired) electrons. The van der Waals surface area contributed by atoms with Gasteiger partial charge in [-0.3, -0.25) is 9.69 Å². The number of carbonyl (C=O) groups excluding carboxylic acids is 1. The SMILES string of the molecule is CC(C(=O)N1CCN2CCCC2C1)C1CNC1.Cl.Cl. The molecule has 3 saturated heterocycles. The van der Waals surface area contributed by atoms with Crippen LogP contribution in [0.4, 0.5) is 0 Å². The van der Waals surface area contributed by atoms with E-state index in [1.165, 1.54) is 19.4 Å². The number of piperazine rings is 1. The van der Waals surface area contributed by atoms with Gasteiger partial charge in [0.05, 0.1) is 0 Å². The third kappa shape index (κ3) is 3.35. The minimum atomic E-state index is 0. The van der Waals surface area contributed by atoms with E-state index in [4.69, 9.17) is 0 Å². The van der Waals surface area contributed by atoms with Crippen LogP contribution in [-0.4, -0.2) is 61.0 Å². The lowest BCUT2D eigenvalue weighted by Crippen LogP contribution is -2.56. The first-order valence-corrected chi connectivity index (χ1v) is 6.99. The molecule has 0 bridgehead atoms. The number of rotatable bonds is 2. The quantitative estimate of drug-likeness (QED) is 0.826. The predicted octanol–water partition coefficient (Wildman–Crippen LogP) is 0.992. The lowest BCUT2D eigenvalue weighted by Gasteiger charge is -2.41. The average molecular weight is 310 g/mol. The highest BCUT2D eigenvalue weighted by Crippen LogP contribution is 2.24. The van der Waals surface area contributed by atoms with Gasteiger partial charge in [-0.25, -0.2) is 0 Å². The molecule has 0 aromatic heterocycles. The van der Waals surface area contributed by atoms with Gasteiger partial charge >= 0.3 is 0 Å². The van der Waals surface area contributed by atoms with Gasteiger partial charge in [-0.05, 0) is 38.4 Å². The van der Waals surface area contributed by atoms with Crippen molar-refractivity contribution in [2.75, 3.05) is 39.3 Å². The summed E-state index contributed by atoms with van der Waals surface area (Å²) in [5, 5.41) is 3.26. The summed E-state index contributed by atoms with van der Waals surface area (Å²) in [4.78, 5) is 17.1. The predicted molar refractivity (Wildman–Crippen MR) is 81.2 cm³/mol. The molecule has 3 fully saturated rings. The maximum Gasteiger partial charge on any atom is 0.225 e. The summed E-state index contributed by atoms with van der Waals surface area (Å²) in [6.45, 7) is 8.41. The van der Waals surface area contributed by atoms with E-state index >= 15 is 0 Å². The minimum Gasteiger partial charge on any atom is -0.340 e. The first kappa shape index (κ1) is 17.0. The average Bonchev–Trinajstić information content (AvgIpc) is 2.72. The topological polar surface area (TPSA) is 35.6 Å². The number of hydrogen-bond donors (Lipinski definition) is 1. The molecule has 112 valence electrons. The Balaban J connectivity index is 0.000000902. The zero-order valence-corrected chi connectivity index (χ0v) is 13.1. The van der Waals surface area contributed by atoms with Crippen LogP contribution in [0.5, 0.6) is 0 Å². The van der Waals surface area contributed by atoms with Gasteiger partial charge in [-0.15, -0.1) is 24.8 Å². The molecule has 3 aliphatic rings. The first-order chi connectivity index (χ1) is 8.25. The molecule has 2 atom stereocenters. The monoisotopic (exact) mass is 309 g/mol. The normalized spacial score (nSPS) is 28.7. The van der Waals surface area contributed by atoms with Crippen molar-refractivity contribution >= 4 is 30.7 Å². The summed E-state index contributed by atoms with van der Waals surface area (Å²) in [5.74, 6) is 1.18. The number of amides is 1. The van der Waals surface area contributed by atoms with Crippen molar-refractivity contribution in [1.29, 1.82) is 0 Å². The molecule has 19 heavy (non-hydrogen) atoms. The third-order valence-electron chi connectivity index (χ3n) is 4.81. The van der Waals surface area contributed by atoms with Crippen molar-refractivity contribution in [3.63, 3.8) is 0 Å². The van der Waals surface area contributed by atoms with E-state index in [1.807, 2.05) is 0 Å². The number of halogens is 2. The first-order valence-electron chi connectivity index (χ1n) is 6.99. The van der Waals surface area contributed by atoms with Gasteiger partial charge in [-0.2, -0.15) is 0 Å². The fourth-order valence-electron chi connectivity index (χ4n) is 3.35. The number of hydrogen-bond acceptors (Lipinski definition) is 3.